The molecule has 6 rings (SSSR count). The highest BCUT2D eigenvalue weighted by molar-refractivity contribution is 5.82. The Labute approximate surface area is 306 Å². The molecule has 0 fully saturated rings. The van der Waals surface area contributed by atoms with Crippen LogP contribution in [0.25, 0.3) is 22.5 Å². The molecule has 0 unspecified atom stereocenters. The molecular weight excluding hydrogens is 647 g/mol. The van der Waals surface area contributed by atoms with Crippen LogP contribution in [0.2, 0.25) is 0 Å². The lowest BCUT2D eigenvalue weighted by Gasteiger charge is -2.37. The van der Waals surface area contributed by atoms with Gasteiger partial charge < -0.3 is 9.64 Å². The molecule has 1 amide bonds. The van der Waals surface area contributed by atoms with E-state index in [1.807, 2.05) is 96.2 Å². The van der Waals surface area contributed by atoms with Crippen molar-refractivity contribution in [2.24, 2.45) is 0 Å². The van der Waals surface area contributed by atoms with Gasteiger partial charge in [-0.1, -0.05) is 147 Å². The minimum Gasteiger partial charge on any atom is -0.469 e. The molecule has 0 saturated heterocycles. The van der Waals surface area contributed by atoms with Crippen molar-refractivity contribution in [3.63, 3.8) is 0 Å². The summed E-state index contributed by atoms with van der Waals surface area (Å²) in [6.45, 7) is 5.99. The van der Waals surface area contributed by atoms with Crippen molar-refractivity contribution in [1.82, 2.24) is 25.1 Å². The summed E-state index contributed by atoms with van der Waals surface area (Å²) < 4.78 is 6.94. The minimum atomic E-state index is -0.949. The van der Waals surface area contributed by atoms with Crippen molar-refractivity contribution in [3.8, 4) is 22.5 Å². The molecule has 0 N–H and O–H groups in total. The van der Waals surface area contributed by atoms with E-state index in [0.717, 1.165) is 51.8 Å². The van der Waals surface area contributed by atoms with Crippen molar-refractivity contribution >= 4 is 11.9 Å². The molecule has 6 aromatic rings. The molecule has 0 bridgehead atoms. The smallest absolute Gasteiger partial charge is 0.307 e. The van der Waals surface area contributed by atoms with E-state index >= 15 is 0 Å². The van der Waals surface area contributed by atoms with Crippen LogP contribution in [0.3, 0.4) is 0 Å². The number of carbonyl (C=O) groups excluding carboxylic acids is 2. The van der Waals surface area contributed by atoms with Crippen molar-refractivity contribution in [2.75, 3.05) is 7.11 Å². The van der Waals surface area contributed by atoms with Gasteiger partial charge in [0.05, 0.1) is 19.6 Å². The number of hydrogen-bond acceptors (Lipinski definition) is 6. The first-order valence-corrected chi connectivity index (χ1v) is 17.9. The number of amides is 1. The molecular formula is C44H45N5O3. The van der Waals surface area contributed by atoms with E-state index in [9.17, 15) is 9.59 Å². The third-order valence-electron chi connectivity index (χ3n) is 9.83. The maximum atomic E-state index is 13.8. The van der Waals surface area contributed by atoms with Gasteiger partial charge in [-0.15, -0.1) is 5.10 Å². The Balaban J connectivity index is 1.61. The fraction of sp³-hybridized carbons (Fsp3) is 0.250. The number of tetrazole rings is 1. The third-order valence-corrected chi connectivity index (χ3v) is 9.83. The molecule has 2 atom stereocenters. The number of methoxy groups -OCH3 is 1. The van der Waals surface area contributed by atoms with E-state index in [1.165, 1.54) is 7.11 Å². The number of hydrogen-bond donors (Lipinski definition) is 0. The number of carbonyl (C=O) groups is 2. The Morgan fingerprint density at radius 2 is 1.29 bits per heavy atom. The molecule has 264 valence electrons. The van der Waals surface area contributed by atoms with E-state index in [-0.39, 0.29) is 30.4 Å². The summed E-state index contributed by atoms with van der Waals surface area (Å²) in [5, 5.41) is 14.0. The number of unbranched alkanes of at least 4 members (excludes halogenated alkanes) is 1. The summed E-state index contributed by atoms with van der Waals surface area (Å²) in [4.78, 5) is 28.1. The SMILES string of the molecule is CCCCC(=O)N([C@@H](C)CC(=O)OC)[C@@H](C)c1ccc(-c2ccccc2)c(-c2nnnn2C(c2ccccc2)(c2ccccc2)c2ccccc2)c1. The number of rotatable bonds is 14. The van der Waals surface area contributed by atoms with E-state index in [2.05, 4.69) is 78.9 Å². The number of nitrogens with zero attached hydrogens (tertiary/aromatic N) is 5. The topological polar surface area (TPSA) is 90.2 Å². The van der Waals surface area contributed by atoms with E-state index in [4.69, 9.17) is 15.0 Å². The molecule has 0 spiro atoms. The van der Waals surface area contributed by atoms with Gasteiger partial charge >= 0.3 is 5.97 Å². The molecule has 0 saturated carbocycles. The van der Waals surface area contributed by atoms with Crippen molar-refractivity contribution in [3.05, 3.63) is 162 Å². The summed E-state index contributed by atoms with van der Waals surface area (Å²) in [6.07, 6.45) is 2.15. The van der Waals surface area contributed by atoms with E-state index in [1.54, 1.807) is 0 Å². The van der Waals surface area contributed by atoms with Crippen molar-refractivity contribution in [2.45, 2.75) is 64.1 Å². The van der Waals surface area contributed by atoms with E-state index in [0.29, 0.717) is 12.2 Å². The number of aromatic nitrogens is 4. The number of benzene rings is 5. The molecule has 0 radical (unpaired) electrons. The second kappa shape index (κ2) is 16.4. The predicted molar refractivity (Wildman–Crippen MR) is 204 cm³/mol. The van der Waals surface area contributed by atoms with Gasteiger partial charge in [0.1, 0.15) is 5.54 Å². The van der Waals surface area contributed by atoms with Gasteiger partial charge in [0.15, 0.2) is 5.82 Å². The van der Waals surface area contributed by atoms with Gasteiger partial charge in [-0.05, 0) is 70.1 Å². The molecule has 1 heterocycles. The monoisotopic (exact) mass is 691 g/mol. The molecule has 0 aliphatic rings. The lowest BCUT2D eigenvalue weighted by Crippen LogP contribution is -2.41. The summed E-state index contributed by atoms with van der Waals surface area (Å²) in [5.74, 6) is 0.211. The highest BCUT2D eigenvalue weighted by atomic mass is 16.5. The van der Waals surface area contributed by atoms with Crippen molar-refractivity contribution in [1.29, 1.82) is 0 Å². The predicted octanol–water partition coefficient (Wildman–Crippen LogP) is 8.88. The molecule has 1 aromatic heterocycles. The summed E-state index contributed by atoms with van der Waals surface area (Å²) in [6, 6.07) is 46.7. The first-order valence-electron chi connectivity index (χ1n) is 17.9. The van der Waals surface area contributed by atoms with Crippen LogP contribution in [0.5, 0.6) is 0 Å². The van der Waals surface area contributed by atoms with Gasteiger partial charge in [0.2, 0.25) is 5.91 Å². The summed E-state index contributed by atoms with van der Waals surface area (Å²) in [7, 11) is 1.38. The Morgan fingerprint density at radius 1 is 0.750 bits per heavy atom. The van der Waals surface area contributed by atoms with Crippen LogP contribution in [0.15, 0.2) is 140 Å². The zero-order valence-electron chi connectivity index (χ0n) is 30.2. The normalized spacial score (nSPS) is 12.5. The fourth-order valence-electron chi connectivity index (χ4n) is 7.25. The Hall–Kier alpha value is -5.89. The van der Waals surface area contributed by atoms with Crippen LogP contribution in [-0.2, 0) is 19.9 Å². The van der Waals surface area contributed by atoms with E-state index < -0.39 is 5.54 Å². The second-order valence-electron chi connectivity index (χ2n) is 13.1. The van der Waals surface area contributed by atoms with Crippen LogP contribution in [-0.4, -0.2) is 50.1 Å². The molecule has 8 nitrogen and oxygen atoms in total. The lowest BCUT2D eigenvalue weighted by atomic mass is 9.76. The van der Waals surface area contributed by atoms with Crippen LogP contribution < -0.4 is 0 Å². The van der Waals surface area contributed by atoms with Gasteiger partial charge in [-0.25, -0.2) is 4.68 Å². The zero-order valence-corrected chi connectivity index (χ0v) is 30.2. The first-order chi connectivity index (χ1) is 25.4. The number of esters is 1. The molecule has 0 aliphatic heterocycles. The summed E-state index contributed by atoms with van der Waals surface area (Å²) >= 11 is 0. The highest BCUT2D eigenvalue weighted by Crippen LogP contribution is 2.44. The molecule has 8 heteroatoms. The maximum Gasteiger partial charge on any atom is 0.307 e. The molecule has 52 heavy (non-hydrogen) atoms. The number of ether oxygens (including phenoxy) is 1. The Bertz CT molecular complexity index is 1970. The first kappa shape index (κ1) is 35.9. The summed E-state index contributed by atoms with van der Waals surface area (Å²) in [5.41, 5.74) is 5.70. The zero-order chi connectivity index (χ0) is 36.5. The average molecular weight is 692 g/mol. The van der Waals surface area contributed by atoms with Gasteiger partial charge in [-0.2, -0.15) is 0 Å². The average Bonchev–Trinajstić information content (AvgIpc) is 3.69. The van der Waals surface area contributed by atoms with Crippen LogP contribution in [0.4, 0.5) is 0 Å². The maximum absolute atomic E-state index is 13.8. The van der Waals surface area contributed by atoms with Crippen LogP contribution >= 0.6 is 0 Å². The largest absolute Gasteiger partial charge is 0.469 e. The van der Waals surface area contributed by atoms with Gasteiger partial charge in [0, 0.05) is 18.0 Å². The Kier molecular flexibility index (Phi) is 11.3. The van der Waals surface area contributed by atoms with Crippen LogP contribution in [0.1, 0.15) is 74.8 Å². The van der Waals surface area contributed by atoms with Crippen molar-refractivity contribution < 1.29 is 14.3 Å². The standard InChI is InChI=1S/C44H45N5O3/c1-5-6-27-41(50)48(32(2)30-42(51)52-4)33(3)35-28-29-39(34-19-11-7-12-20-34)40(31-35)43-45-46-47-49(43)44(36-21-13-8-14-22-36,37-23-15-9-16-24-37)38-25-17-10-18-26-38/h7-26,28-29,31-33H,5-6,27,30H2,1-4H3/t32-,33-/m0/s1. The Morgan fingerprint density at radius 3 is 1.81 bits per heavy atom. The quantitative estimate of drug-likeness (QED) is 0.0838. The van der Waals surface area contributed by atoms with Gasteiger partial charge in [0.25, 0.3) is 0 Å². The molecule has 5 aromatic carbocycles. The highest BCUT2D eigenvalue weighted by Gasteiger charge is 2.42. The van der Waals surface area contributed by atoms with Gasteiger partial charge in [-0.3, -0.25) is 9.59 Å². The minimum absolute atomic E-state index is 0.000484. The third kappa shape index (κ3) is 7.15. The second-order valence-corrected chi connectivity index (χ2v) is 13.1. The molecule has 0 aliphatic carbocycles. The fourth-order valence-corrected chi connectivity index (χ4v) is 7.25. The lowest BCUT2D eigenvalue weighted by molar-refractivity contribution is -0.144. The van der Waals surface area contributed by atoms with Crippen LogP contribution in [0, 0.1) is 0 Å².